The number of aliphatic hydroxyl groups excluding tert-OH is 1. The van der Waals surface area contributed by atoms with Gasteiger partial charge in [-0.25, -0.2) is 0 Å². The standard InChI is InChI=1S/C15H17F3N2O4/c16-15(17,18)10-5-6-11(12(7-10)20(23)24)14(22)19-8-9-3-1-2-4-13(9)21/h5-7,9,13,21H,1-4,8H2,(H,19,22)/t9-,13+/m0/s1. The zero-order valence-corrected chi connectivity index (χ0v) is 12.7. The van der Waals surface area contributed by atoms with E-state index in [1.54, 1.807) is 0 Å². The van der Waals surface area contributed by atoms with Crippen LogP contribution >= 0.6 is 0 Å². The minimum Gasteiger partial charge on any atom is -0.393 e. The predicted molar refractivity (Wildman–Crippen MR) is 78.4 cm³/mol. The molecule has 0 unspecified atom stereocenters. The van der Waals surface area contributed by atoms with Crippen molar-refractivity contribution < 1.29 is 28.0 Å². The third kappa shape index (κ3) is 4.22. The molecule has 1 aliphatic rings. The van der Waals surface area contributed by atoms with E-state index in [1.807, 2.05) is 0 Å². The van der Waals surface area contributed by atoms with Crippen molar-refractivity contribution in [2.24, 2.45) is 5.92 Å². The molecule has 2 N–H and O–H groups in total. The lowest BCUT2D eigenvalue weighted by atomic mass is 9.86. The zero-order valence-electron chi connectivity index (χ0n) is 12.7. The highest BCUT2D eigenvalue weighted by atomic mass is 19.4. The van der Waals surface area contributed by atoms with Crippen molar-refractivity contribution in [3.63, 3.8) is 0 Å². The van der Waals surface area contributed by atoms with Crippen LogP contribution in [0.15, 0.2) is 18.2 Å². The SMILES string of the molecule is O=C(NC[C@@H]1CCCC[C@H]1O)c1ccc(C(F)(F)F)cc1[N+](=O)[O-]. The average Bonchev–Trinajstić information content (AvgIpc) is 2.52. The van der Waals surface area contributed by atoms with Gasteiger partial charge in [-0.15, -0.1) is 0 Å². The van der Waals surface area contributed by atoms with E-state index in [-0.39, 0.29) is 12.5 Å². The van der Waals surface area contributed by atoms with Crippen LogP contribution in [-0.2, 0) is 6.18 Å². The normalized spacial score (nSPS) is 21.3. The van der Waals surface area contributed by atoms with Crippen LogP contribution in [0.1, 0.15) is 41.6 Å². The molecule has 24 heavy (non-hydrogen) atoms. The van der Waals surface area contributed by atoms with Gasteiger partial charge in [0.1, 0.15) is 5.56 Å². The highest BCUT2D eigenvalue weighted by Crippen LogP contribution is 2.33. The number of rotatable bonds is 4. The van der Waals surface area contributed by atoms with E-state index in [0.717, 1.165) is 25.3 Å². The number of nitrogens with one attached hydrogen (secondary N) is 1. The second-order valence-electron chi connectivity index (χ2n) is 5.81. The van der Waals surface area contributed by atoms with Gasteiger partial charge in [-0.3, -0.25) is 14.9 Å². The molecule has 0 radical (unpaired) electrons. The number of halogens is 3. The van der Waals surface area contributed by atoms with E-state index in [1.165, 1.54) is 0 Å². The van der Waals surface area contributed by atoms with Gasteiger partial charge in [0, 0.05) is 18.5 Å². The van der Waals surface area contributed by atoms with Gasteiger partial charge in [0.25, 0.3) is 11.6 Å². The molecular weight excluding hydrogens is 329 g/mol. The number of hydrogen-bond acceptors (Lipinski definition) is 4. The molecule has 2 atom stereocenters. The third-order valence-corrected chi connectivity index (χ3v) is 4.16. The lowest BCUT2D eigenvalue weighted by Gasteiger charge is -2.27. The maximum Gasteiger partial charge on any atom is 0.416 e. The summed E-state index contributed by atoms with van der Waals surface area (Å²) in [6.45, 7) is 0.123. The van der Waals surface area contributed by atoms with Gasteiger partial charge in [0.05, 0.1) is 16.6 Å². The number of hydrogen-bond donors (Lipinski definition) is 2. The van der Waals surface area contributed by atoms with Gasteiger partial charge in [0.15, 0.2) is 0 Å². The zero-order chi connectivity index (χ0) is 17.9. The number of nitro groups is 1. The summed E-state index contributed by atoms with van der Waals surface area (Å²) >= 11 is 0. The van der Waals surface area contributed by atoms with Crippen LogP contribution < -0.4 is 5.32 Å². The number of alkyl halides is 3. The second kappa shape index (κ2) is 7.16. The van der Waals surface area contributed by atoms with Crippen molar-refractivity contribution in [1.29, 1.82) is 0 Å². The van der Waals surface area contributed by atoms with Gasteiger partial charge in [-0.05, 0) is 25.0 Å². The molecule has 0 aromatic heterocycles. The van der Waals surface area contributed by atoms with E-state index in [2.05, 4.69) is 5.32 Å². The fourth-order valence-electron chi connectivity index (χ4n) is 2.80. The molecule has 0 heterocycles. The summed E-state index contributed by atoms with van der Waals surface area (Å²) in [6, 6.07) is 1.79. The summed E-state index contributed by atoms with van der Waals surface area (Å²) < 4.78 is 37.9. The maximum atomic E-state index is 12.6. The summed E-state index contributed by atoms with van der Waals surface area (Å²) in [4.78, 5) is 22.1. The van der Waals surface area contributed by atoms with Crippen LogP contribution in [0.4, 0.5) is 18.9 Å². The smallest absolute Gasteiger partial charge is 0.393 e. The minimum atomic E-state index is -4.73. The molecule has 1 aliphatic carbocycles. The quantitative estimate of drug-likeness (QED) is 0.648. The third-order valence-electron chi connectivity index (χ3n) is 4.16. The first-order valence-electron chi connectivity index (χ1n) is 7.52. The van der Waals surface area contributed by atoms with Gasteiger partial charge in [-0.2, -0.15) is 13.2 Å². The summed E-state index contributed by atoms with van der Waals surface area (Å²) in [5, 5.41) is 23.3. The van der Waals surface area contributed by atoms with E-state index >= 15 is 0 Å². The summed E-state index contributed by atoms with van der Waals surface area (Å²) in [6.07, 6.45) is -2.13. The molecule has 0 bridgehead atoms. The fourth-order valence-corrected chi connectivity index (χ4v) is 2.80. The number of amides is 1. The largest absolute Gasteiger partial charge is 0.416 e. The second-order valence-corrected chi connectivity index (χ2v) is 5.81. The van der Waals surface area contributed by atoms with Gasteiger partial charge >= 0.3 is 6.18 Å². The Bertz CT molecular complexity index is 634. The Hall–Kier alpha value is -2.16. The molecule has 132 valence electrons. The molecule has 6 nitrogen and oxygen atoms in total. The Balaban J connectivity index is 2.15. The molecule has 1 saturated carbocycles. The summed E-state index contributed by atoms with van der Waals surface area (Å²) in [7, 11) is 0. The van der Waals surface area contributed by atoms with E-state index < -0.39 is 39.9 Å². The van der Waals surface area contributed by atoms with Crippen LogP contribution in [0.5, 0.6) is 0 Å². The summed E-state index contributed by atoms with van der Waals surface area (Å²) in [5.74, 6) is -0.982. The van der Waals surface area contributed by atoms with Crippen molar-refractivity contribution in [3.8, 4) is 0 Å². The number of carbonyl (C=O) groups is 1. The van der Waals surface area contributed by atoms with Crippen LogP contribution in [-0.4, -0.2) is 28.6 Å². The minimum absolute atomic E-state index is 0.123. The first kappa shape index (κ1) is 18.2. The number of nitrogens with zero attached hydrogens (tertiary/aromatic N) is 1. The van der Waals surface area contributed by atoms with Gasteiger partial charge in [0.2, 0.25) is 0 Å². The maximum absolute atomic E-state index is 12.6. The predicted octanol–water partition coefficient (Wildman–Crippen LogP) is 2.89. The Morgan fingerprint density at radius 2 is 2.00 bits per heavy atom. The van der Waals surface area contributed by atoms with E-state index in [9.17, 15) is 33.2 Å². The molecule has 2 rings (SSSR count). The molecule has 1 amide bonds. The molecule has 1 aromatic carbocycles. The molecular formula is C15H17F3N2O4. The Morgan fingerprint density at radius 1 is 1.33 bits per heavy atom. The molecule has 1 aromatic rings. The molecule has 0 saturated heterocycles. The van der Waals surface area contributed by atoms with Crippen molar-refractivity contribution in [2.75, 3.05) is 6.54 Å². The first-order chi connectivity index (χ1) is 11.2. The highest BCUT2D eigenvalue weighted by Gasteiger charge is 2.34. The number of nitro benzene ring substituents is 1. The molecule has 0 aliphatic heterocycles. The van der Waals surface area contributed by atoms with E-state index in [4.69, 9.17) is 0 Å². The van der Waals surface area contributed by atoms with Crippen molar-refractivity contribution in [1.82, 2.24) is 5.32 Å². The van der Waals surface area contributed by atoms with Crippen LogP contribution in [0.25, 0.3) is 0 Å². The van der Waals surface area contributed by atoms with Crippen molar-refractivity contribution in [3.05, 3.63) is 39.4 Å². The van der Waals surface area contributed by atoms with Gasteiger partial charge in [-0.1, -0.05) is 12.8 Å². The van der Waals surface area contributed by atoms with Crippen molar-refractivity contribution in [2.45, 2.75) is 38.0 Å². The monoisotopic (exact) mass is 346 g/mol. The Morgan fingerprint density at radius 3 is 2.58 bits per heavy atom. The van der Waals surface area contributed by atoms with Crippen LogP contribution in [0.3, 0.4) is 0 Å². The number of carbonyl (C=O) groups excluding carboxylic acids is 1. The van der Waals surface area contributed by atoms with E-state index in [0.29, 0.717) is 18.6 Å². The highest BCUT2D eigenvalue weighted by molar-refractivity contribution is 5.98. The lowest BCUT2D eigenvalue weighted by Crippen LogP contribution is -2.36. The Labute approximate surface area is 135 Å². The average molecular weight is 346 g/mol. The molecule has 9 heteroatoms. The Kier molecular flexibility index (Phi) is 5.43. The van der Waals surface area contributed by atoms with Gasteiger partial charge < -0.3 is 10.4 Å². The van der Waals surface area contributed by atoms with Crippen LogP contribution in [0, 0.1) is 16.0 Å². The number of benzene rings is 1. The first-order valence-corrected chi connectivity index (χ1v) is 7.52. The molecule has 1 fully saturated rings. The number of aliphatic hydroxyl groups is 1. The summed E-state index contributed by atoms with van der Waals surface area (Å²) in [5.41, 5.74) is -2.52. The lowest BCUT2D eigenvalue weighted by molar-refractivity contribution is -0.385. The van der Waals surface area contributed by atoms with Crippen molar-refractivity contribution >= 4 is 11.6 Å². The fraction of sp³-hybridized carbons (Fsp3) is 0.533. The van der Waals surface area contributed by atoms with Crippen LogP contribution in [0.2, 0.25) is 0 Å². The topological polar surface area (TPSA) is 92.5 Å². The molecule has 0 spiro atoms.